The van der Waals surface area contributed by atoms with Crippen LogP contribution < -0.4 is 19.7 Å². The first-order valence-electron chi connectivity index (χ1n) is 8.29. The Hall–Kier alpha value is -3.28. The molecule has 2 heterocycles. The highest BCUT2D eigenvalue weighted by molar-refractivity contribution is 5.53. The molecule has 0 amide bonds. The molecule has 132 valence electrons. The lowest BCUT2D eigenvalue weighted by Gasteiger charge is -2.22. The van der Waals surface area contributed by atoms with Crippen molar-refractivity contribution in [1.82, 2.24) is 9.55 Å². The molecule has 1 aromatic heterocycles. The van der Waals surface area contributed by atoms with Gasteiger partial charge in [-0.2, -0.15) is 0 Å². The van der Waals surface area contributed by atoms with Crippen molar-refractivity contribution in [3.05, 3.63) is 71.0 Å². The van der Waals surface area contributed by atoms with Crippen molar-refractivity contribution in [2.45, 2.75) is 13.0 Å². The molecular formula is C20H19N3O3. The van der Waals surface area contributed by atoms with E-state index in [1.807, 2.05) is 47.0 Å². The standard InChI is InChI=1S/C20H19N3O3/c1-24-15-8-6-13(7-9-15)11-23-12-22-20-16(19(23)21)10-14-4-3-5-17(25-2)18(14)26-20/h3-9,12,21H,10-11H2,1-2H3. The summed E-state index contributed by atoms with van der Waals surface area (Å²) in [6, 6.07) is 13.6. The summed E-state index contributed by atoms with van der Waals surface area (Å²) in [5.41, 5.74) is 3.25. The molecular weight excluding hydrogens is 330 g/mol. The summed E-state index contributed by atoms with van der Waals surface area (Å²) >= 11 is 0. The Bertz CT molecular complexity index is 1010. The number of nitrogens with one attached hydrogen (secondary N) is 1. The van der Waals surface area contributed by atoms with Gasteiger partial charge < -0.3 is 18.8 Å². The molecule has 2 aromatic carbocycles. The smallest absolute Gasteiger partial charge is 0.228 e. The van der Waals surface area contributed by atoms with Crippen LogP contribution in [0.1, 0.15) is 16.7 Å². The summed E-state index contributed by atoms with van der Waals surface area (Å²) < 4.78 is 18.3. The molecule has 0 radical (unpaired) electrons. The van der Waals surface area contributed by atoms with Gasteiger partial charge in [-0.15, -0.1) is 0 Å². The van der Waals surface area contributed by atoms with E-state index in [1.54, 1.807) is 20.5 Å². The second-order valence-electron chi connectivity index (χ2n) is 6.08. The molecule has 26 heavy (non-hydrogen) atoms. The maximum absolute atomic E-state index is 8.58. The molecule has 6 nitrogen and oxygen atoms in total. The molecule has 3 aromatic rings. The number of hydrogen-bond donors (Lipinski definition) is 1. The van der Waals surface area contributed by atoms with Crippen LogP contribution in [0.5, 0.6) is 23.1 Å². The molecule has 0 saturated carbocycles. The Morgan fingerprint density at radius 3 is 2.65 bits per heavy atom. The highest BCUT2D eigenvalue weighted by Crippen LogP contribution is 2.40. The molecule has 0 fully saturated rings. The maximum atomic E-state index is 8.58. The SMILES string of the molecule is COc1ccc(Cn2cnc3c(c2=N)Cc2cccc(OC)c2O3)cc1. The van der Waals surface area contributed by atoms with E-state index in [2.05, 4.69) is 4.98 Å². The maximum Gasteiger partial charge on any atom is 0.228 e. The highest BCUT2D eigenvalue weighted by atomic mass is 16.5. The van der Waals surface area contributed by atoms with Crippen LogP contribution in [-0.2, 0) is 13.0 Å². The number of rotatable bonds is 4. The van der Waals surface area contributed by atoms with Gasteiger partial charge >= 0.3 is 0 Å². The molecule has 0 unspecified atom stereocenters. The molecule has 6 heteroatoms. The van der Waals surface area contributed by atoms with Crippen molar-refractivity contribution in [3.63, 3.8) is 0 Å². The summed E-state index contributed by atoms with van der Waals surface area (Å²) in [6.45, 7) is 0.564. The first-order chi connectivity index (χ1) is 12.7. The predicted octanol–water partition coefficient (Wildman–Crippen LogP) is 3.12. The summed E-state index contributed by atoms with van der Waals surface area (Å²) in [7, 11) is 3.26. The van der Waals surface area contributed by atoms with Crippen molar-refractivity contribution in [2.75, 3.05) is 14.2 Å². The lowest BCUT2D eigenvalue weighted by molar-refractivity contribution is 0.363. The van der Waals surface area contributed by atoms with Gasteiger partial charge in [-0.1, -0.05) is 24.3 Å². The van der Waals surface area contributed by atoms with Crippen molar-refractivity contribution < 1.29 is 14.2 Å². The van der Waals surface area contributed by atoms with Crippen LogP contribution in [0.3, 0.4) is 0 Å². The van der Waals surface area contributed by atoms with Gasteiger partial charge in [-0.05, 0) is 23.8 Å². The zero-order valence-electron chi connectivity index (χ0n) is 14.7. The fourth-order valence-electron chi connectivity index (χ4n) is 3.09. The largest absolute Gasteiger partial charge is 0.497 e. The molecule has 0 atom stereocenters. The van der Waals surface area contributed by atoms with Gasteiger partial charge in [0, 0.05) is 12.0 Å². The van der Waals surface area contributed by atoms with Crippen molar-refractivity contribution in [1.29, 1.82) is 5.41 Å². The molecule has 4 rings (SSSR count). The first-order valence-corrected chi connectivity index (χ1v) is 8.29. The number of aromatic nitrogens is 2. The molecule has 1 aliphatic rings. The van der Waals surface area contributed by atoms with Crippen LogP contribution in [0, 0.1) is 5.41 Å². The number of benzene rings is 2. The quantitative estimate of drug-likeness (QED) is 0.615. The summed E-state index contributed by atoms with van der Waals surface area (Å²) in [5, 5.41) is 8.58. The summed E-state index contributed by atoms with van der Waals surface area (Å²) in [5.74, 6) is 2.64. The van der Waals surface area contributed by atoms with Gasteiger partial charge in [0.15, 0.2) is 11.5 Å². The predicted molar refractivity (Wildman–Crippen MR) is 96.1 cm³/mol. The molecule has 0 spiro atoms. The fraction of sp³-hybridized carbons (Fsp3) is 0.200. The number of methoxy groups -OCH3 is 2. The van der Waals surface area contributed by atoms with Gasteiger partial charge in [-0.3, -0.25) is 5.41 Å². The summed E-state index contributed by atoms with van der Waals surface area (Å²) in [6.07, 6.45) is 2.24. The van der Waals surface area contributed by atoms with Gasteiger partial charge in [0.25, 0.3) is 0 Å². The zero-order chi connectivity index (χ0) is 18.1. The van der Waals surface area contributed by atoms with E-state index in [4.69, 9.17) is 19.6 Å². The average molecular weight is 349 g/mol. The van der Waals surface area contributed by atoms with Crippen LogP contribution in [0.2, 0.25) is 0 Å². The van der Waals surface area contributed by atoms with Crippen molar-refractivity contribution in [3.8, 4) is 23.1 Å². The van der Waals surface area contributed by atoms with E-state index in [9.17, 15) is 0 Å². The lowest BCUT2D eigenvalue weighted by Crippen LogP contribution is -2.27. The first kappa shape index (κ1) is 16.2. The second kappa shape index (κ2) is 6.55. The molecule has 1 N–H and O–H groups in total. The number of ether oxygens (including phenoxy) is 3. The van der Waals surface area contributed by atoms with Gasteiger partial charge in [-0.25, -0.2) is 4.98 Å². The third-order valence-electron chi connectivity index (χ3n) is 4.50. The fourth-order valence-corrected chi connectivity index (χ4v) is 3.09. The van der Waals surface area contributed by atoms with Crippen LogP contribution in [0.15, 0.2) is 48.8 Å². The van der Waals surface area contributed by atoms with E-state index in [0.717, 1.165) is 22.4 Å². The van der Waals surface area contributed by atoms with E-state index in [-0.39, 0.29) is 0 Å². The Morgan fingerprint density at radius 1 is 1.12 bits per heavy atom. The van der Waals surface area contributed by atoms with Crippen LogP contribution in [-0.4, -0.2) is 23.8 Å². The Balaban J connectivity index is 1.66. The normalized spacial score (nSPS) is 11.9. The van der Waals surface area contributed by atoms with E-state index < -0.39 is 0 Å². The third-order valence-corrected chi connectivity index (χ3v) is 4.50. The van der Waals surface area contributed by atoms with Gasteiger partial charge in [0.05, 0.1) is 26.3 Å². The average Bonchev–Trinajstić information content (AvgIpc) is 2.69. The Labute approximate surface area is 151 Å². The minimum absolute atomic E-state index is 0.402. The number of nitrogens with zero attached hydrogens (tertiary/aromatic N) is 2. The van der Waals surface area contributed by atoms with Crippen molar-refractivity contribution in [2.24, 2.45) is 0 Å². The van der Waals surface area contributed by atoms with Crippen molar-refractivity contribution >= 4 is 0 Å². The van der Waals surface area contributed by atoms with E-state index >= 15 is 0 Å². The third kappa shape index (κ3) is 2.79. The number of fused-ring (bicyclic) bond motifs is 2. The molecule has 0 aliphatic carbocycles. The highest BCUT2D eigenvalue weighted by Gasteiger charge is 2.23. The minimum Gasteiger partial charge on any atom is -0.497 e. The Kier molecular flexibility index (Phi) is 4.08. The molecule has 1 aliphatic heterocycles. The molecule has 0 bridgehead atoms. The second-order valence-corrected chi connectivity index (χ2v) is 6.08. The summed E-state index contributed by atoms with van der Waals surface area (Å²) in [4.78, 5) is 4.42. The van der Waals surface area contributed by atoms with Gasteiger partial charge in [0.1, 0.15) is 17.6 Å². The topological polar surface area (TPSA) is 69.4 Å². The van der Waals surface area contributed by atoms with Crippen LogP contribution in [0.25, 0.3) is 0 Å². The molecule has 0 saturated heterocycles. The Morgan fingerprint density at radius 2 is 1.92 bits per heavy atom. The zero-order valence-corrected chi connectivity index (χ0v) is 14.7. The minimum atomic E-state index is 0.402. The van der Waals surface area contributed by atoms with Gasteiger partial charge in [0.2, 0.25) is 5.88 Å². The monoisotopic (exact) mass is 349 g/mol. The van der Waals surface area contributed by atoms with E-state index in [1.165, 1.54) is 0 Å². The van der Waals surface area contributed by atoms with Crippen LogP contribution in [0.4, 0.5) is 0 Å². The number of para-hydroxylation sites is 1. The lowest BCUT2D eigenvalue weighted by atomic mass is 10.0. The number of hydrogen-bond acceptors (Lipinski definition) is 5. The van der Waals surface area contributed by atoms with Crippen LogP contribution >= 0.6 is 0 Å². The van der Waals surface area contributed by atoms with E-state index in [0.29, 0.717) is 35.8 Å².